The van der Waals surface area contributed by atoms with Crippen molar-refractivity contribution in [3.63, 3.8) is 0 Å². The Morgan fingerprint density at radius 3 is 2.56 bits per heavy atom. The van der Waals surface area contributed by atoms with E-state index in [-0.39, 0.29) is 11.8 Å². The summed E-state index contributed by atoms with van der Waals surface area (Å²) in [5.74, 6) is 0.121. The Labute approximate surface area is 148 Å². The van der Waals surface area contributed by atoms with Crippen molar-refractivity contribution in [2.45, 2.75) is 19.3 Å². The minimum Gasteiger partial charge on any atom is -0.355 e. The molecule has 1 saturated heterocycles. The number of nitrogens with one attached hydrogen (secondary N) is 2. The van der Waals surface area contributed by atoms with Gasteiger partial charge in [0.1, 0.15) is 0 Å². The number of rotatable bonds is 7. The number of hydrogen-bond acceptors (Lipinski definition) is 3. The molecule has 5 heteroatoms. The minimum absolute atomic E-state index is 0.105. The van der Waals surface area contributed by atoms with Gasteiger partial charge in [-0.25, -0.2) is 0 Å². The van der Waals surface area contributed by atoms with E-state index in [1.807, 2.05) is 59.5 Å². The molecule has 0 saturated carbocycles. The van der Waals surface area contributed by atoms with Crippen LogP contribution in [0.5, 0.6) is 0 Å². The molecule has 1 fully saturated rings. The Morgan fingerprint density at radius 2 is 1.80 bits per heavy atom. The zero-order valence-electron chi connectivity index (χ0n) is 14.2. The van der Waals surface area contributed by atoms with E-state index in [1.54, 1.807) is 0 Å². The number of hydrogen-bond donors (Lipinski definition) is 2. The molecule has 130 valence electrons. The molecule has 25 heavy (non-hydrogen) atoms. The van der Waals surface area contributed by atoms with Crippen molar-refractivity contribution < 1.29 is 9.59 Å². The monoisotopic (exact) mass is 337 g/mol. The maximum Gasteiger partial charge on any atom is 0.253 e. The van der Waals surface area contributed by atoms with Gasteiger partial charge in [0.25, 0.3) is 5.91 Å². The number of para-hydroxylation sites is 2. The van der Waals surface area contributed by atoms with Gasteiger partial charge >= 0.3 is 0 Å². The summed E-state index contributed by atoms with van der Waals surface area (Å²) in [5.41, 5.74) is 2.33. The first-order chi connectivity index (χ1) is 12.2. The molecule has 0 atom stereocenters. The lowest BCUT2D eigenvalue weighted by atomic mass is 10.1. The molecule has 2 N–H and O–H groups in total. The molecule has 0 aromatic heterocycles. The lowest BCUT2D eigenvalue weighted by molar-refractivity contribution is -0.127. The third-order valence-electron chi connectivity index (χ3n) is 4.29. The molecular weight excluding hydrogens is 314 g/mol. The molecule has 0 spiro atoms. The van der Waals surface area contributed by atoms with Gasteiger partial charge in [-0.15, -0.1) is 0 Å². The van der Waals surface area contributed by atoms with Gasteiger partial charge < -0.3 is 15.5 Å². The van der Waals surface area contributed by atoms with E-state index in [1.165, 1.54) is 0 Å². The van der Waals surface area contributed by atoms with Gasteiger partial charge in [-0.3, -0.25) is 9.59 Å². The molecule has 0 aliphatic carbocycles. The molecule has 1 aliphatic heterocycles. The third-order valence-corrected chi connectivity index (χ3v) is 4.29. The van der Waals surface area contributed by atoms with Crippen LogP contribution in [0.1, 0.15) is 29.6 Å². The Morgan fingerprint density at radius 1 is 1.04 bits per heavy atom. The molecule has 2 aromatic carbocycles. The average molecular weight is 337 g/mol. The molecule has 0 unspecified atom stereocenters. The second kappa shape index (κ2) is 8.33. The average Bonchev–Trinajstić information content (AvgIpc) is 3.05. The second-order valence-corrected chi connectivity index (χ2v) is 6.13. The number of anilines is 2. The molecule has 5 nitrogen and oxygen atoms in total. The smallest absolute Gasteiger partial charge is 0.253 e. The van der Waals surface area contributed by atoms with E-state index < -0.39 is 0 Å². The molecule has 1 aliphatic rings. The van der Waals surface area contributed by atoms with Crippen molar-refractivity contribution in [2.24, 2.45) is 0 Å². The largest absolute Gasteiger partial charge is 0.355 e. The molecule has 0 radical (unpaired) electrons. The van der Waals surface area contributed by atoms with Gasteiger partial charge in [0, 0.05) is 31.7 Å². The van der Waals surface area contributed by atoms with Crippen LogP contribution in [-0.2, 0) is 4.79 Å². The summed E-state index contributed by atoms with van der Waals surface area (Å²) in [7, 11) is 0. The molecule has 1 heterocycles. The Kier molecular flexibility index (Phi) is 5.67. The minimum atomic E-state index is -0.105. The van der Waals surface area contributed by atoms with Crippen molar-refractivity contribution >= 4 is 23.2 Å². The lowest BCUT2D eigenvalue weighted by Crippen LogP contribution is -2.30. The van der Waals surface area contributed by atoms with E-state index in [9.17, 15) is 9.59 Å². The fourth-order valence-electron chi connectivity index (χ4n) is 2.97. The van der Waals surface area contributed by atoms with Crippen LogP contribution in [0.2, 0.25) is 0 Å². The quantitative estimate of drug-likeness (QED) is 0.763. The first kappa shape index (κ1) is 17.0. The number of nitrogens with zero attached hydrogens (tertiary/aromatic N) is 1. The fourth-order valence-corrected chi connectivity index (χ4v) is 2.97. The van der Waals surface area contributed by atoms with Crippen LogP contribution < -0.4 is 10.6 Å². The van der Waals surface area contributed by atoms with Gasteiger partial charge in [0.05, 0.1) is 11.3 Å². The number of benzene rings is 2. The van der Waals surface area contributed by atoms with Crippen LogP contribution in [0.3, 0.4) is 0 Å². The molecule has 3 rings (SSSR count). The SMILES string of the molecule is O=C(NCCCN1CCCC1=O)c1ccccc1Nc1ccccc1. The summed E-state index contributed by atoms with van der Waals surface area (Å²) in [4.78, 5) is 25.9. The van der Waals surface area contributed by atoms with Crippen molar-refractivity contribution in [3.8, 4) is 0 Å². The van der Waals surface area contributed by atoms with Crippen molar-refractivity contribution in [2.75, 3.05) is 25.0 Å². The Balaban J connectivity index is 1.54. The Hall–Kier alpha value is -2.82. The van der Waals surface area contributed by atoms with Gasteiger partial charge in [-0.1, -0.05) is 30.3 Å². The molecule has 2 amide bonds. The van der Waals surface area contributed by atoms with Crippen LogP contribution >= 0.6 is 0 Å². The lowest BCUT2D eigenvalue weighted by Gasteiger charge is -2.16. The van der Waals surface area contributed by atoms with E-state index >= 15 is 0 Å². The zero-order chi connectivity index (χ0) is 17.5. The first-order valence-electron chi connectivity index (χ1n) is 8.71. The highest BCUT2D eigenvalue weighted by molar-refractivity contribution is 6.00. The van der Waals surface area contributed by atoms with Crippen LogP contribution in [0.15, 0.2) is 54.6 Å². The Bertz CT molecular complexity index is 731. The van der Waals surface area contributed by atoms with E-state index in [4.69, 9.17) is 0 Å². The van der Waals surface area contributed by atoms with Gasteiger partial charge in [-0.2, -0.15) is 0 Å². The van der Waals surface area contributed by atoms with E-state index in [0.717, 1.165) is 30.8 Å². The highest BCUT2D eigenvalue weighted by atomic mass is 16.2. The third kappa shape index (κ3) is 4.59. The first-order valence-corrected chi connectivity index (χ1v) is 8.71. The number of amides is 2. The summed E-state index contributed by atoms with van der Waals surface area (Å²) in [6.45, 7) is 2.11. The molecule has 2 aromatic rings. The summed E-state index contributed by atoms with van der Waals surface area (Å²) in [6, 6.07) is 17.2. The van der Waals surface area contributed by atoms with Crippen molar-refractivity contribution in [3.05, 3.63) is 60.2 Å². The van der Waals surface area contributed by atoms with Gasteiger partial charge in [-0.05, 0) is 37.1 Å². The normalized spacial score (nSPS) is 13.8. The highest BCUT2D eigenvalue weighted by Crippen LogP contribution is 2.20. The molecular formula is C20H23N3O2. The summed E-state index contributed by atoms with van der Waals surface area (Å²) in [6.07, 6.45) is 2.38. The van der Waals surface area contributed by atoms with Crippen LogP contribution in [0.25, 0.3) is 0 Å². The van der Waals surface area contributed by atoms with Crippen molar-refractivity contribution in [1.29, 1.82) is 0 Å². The van der Waals surface area contributed by atoms with Crippen LogP contribution in [0.4, 0.5) is 11.4 Å². The van der Waals surface area contributed by atoms with Gasteiger partial charge in [0.15, 0.2) is 0 Å². The van der Waals surface area contributed by atoms with Crippen LogP contribution in [0, 0.1) is 0 Å². The van der Waals surface area contributed by atoms with Crippen molar-refractivity contribution in [1.82, 2.24) is 10.2 Å². The predicted octanol–water partition coefficient (Wildman–Crippen LogP) is 3.17. The van der Waals surface area contributed by atoms with E-state index in [0.29, 0.717) is 25.1 Å². The van der Waals surface area contributed by atoms with Crippen LogP contribution in [-0.4, -0.2) is 36.3 Å². The number of likely N-dealkylation sites (tertiary alicyclic amines) is 1. The zero-order valence-corrected chi connectivity index (χ0v) is 14.2. The maximum absolute atomic E-state index is 12.5. The second-order valence-electron chi connectivity index (χ2n) is 6.13. The number of carbonyl (C=O) groups excluding carboxylic acids is 2. The number of carbonyl (C=O) groups is 2. The summed E-state index contributed by atoms with van der Waals surface area (Å²) >= 11 is 0. The van der Waals surface area contributed by atoms with E-state index in [2.05, 4.69) is 10.6 Å². The standard InChI is InChI=1S/C20H23N3O2/c24-19-12-6-14-23(19)15-7-13-21-20(25)17-10-4-5-11-18(17)22-16-8-2-1-3-9-16/h1-5,8-11,22H,6-7,12-15H2,(H,21,25). The summed E-state index contributed by atoms with van der Waals surface area (Å²) in [5, 5.41) is 6.23. The molecule has 0 bridgehead atoms. The van der Waals surface area contributed by atoms with Gasteiger partial charge in [0.2, 0.25) is 5.91 Å². The summed E-state index contributed by atoms with van der Waals surface area (Å²) < 4.78 is 0. The maximum atomic E-state index is 12.5. The predicted molar refractivity (Wildman–Crippen MR) is 98.9 cm³/mol. The fraction of sp³-hybridized carbons (Fsp3) is 0.300. The topological polar surface area (TPSA) is 61.4 Å². The highest BCUT2D eigenvalue weighted by Gasteiger charge is 2.19.